The van der Waals surface area contributed by atoms with Crippen molar-refractivity contribution in [1.29, 1.82) is 0 Å². The summed E-state index contributed by atoms with van der Waals surface area (Å²) in [6, 6.07) is 16.9. The van der Waals surface area contributed by atoms with Crippen molar-refractivity contribution in [3.8, 4) is 0 Å². The first-order valence-electron chi connectivity index (χ1n) is 8.54. The molecule has 0 fully saturated rings. The smallest absolute Gasteiger partial charge is 0.228 e. The van der Waals surface area contributed by atoms with Crippen molar-refractivity contribution in [2.24, 2.45) is 0 Å². The highest BCUT2D eigenvalue weighted by atomic mass is 16.2. The van der Waals surface area contributed by atoms with Crippen molar-refractivity contribution in [2.75, 3.05) is 29.4 Å². The first-order valence-corrected chi connectivity index (χ1v) is 8.54. The van der Waals surface area contributed by atoms with Gasteiger partial charge in [-0.05, 0) is 42.5 Å². The van der Waals surface area contributed by atoms with Crippen LogP contribution in [-0.4, -0.2) is 25.5 Å². The molecule has 2 aliphatic rings. The zero-order valence-corrected chi connectivity index (χ0v) is 13.4. The first kappa shape index (κ1) is 14.3. The Morgan fingerprint density at radius 3 is 2.39 bits per heavy atom. The van der Waals surface area contributed by atoms with Crippen molar-refractivity contribution in [2.45, 2.75) is 25.7 Å². The minimum atomic E-state index is 0.248. The number of aryl methyl sites for hydroxylation is 1. The average molecular weight is 306 g/mol. The lowest BCUT2D eigenvalue weighted by Crippen LogP contribution is -2.35. The van der Waals surface area contributed by atoms with Gasteiger partial charge in [0.15, 0.2) is 0 Å². The summed E-state index contributed by atoms with van der Waals surface area (Å²) in [5.74, 6) is 0.248. The van der Waals surface area contributed by atoms with Gasteiger partial charge in [0.25, 0.3) is 0 Å². The molecule has 0 saturated heterocycles. The number of carbonyl (C=O) groups excluding carboxylic acids is 1. The summed E-state index contributed by atoms with van der Waals surface area (Å²) in [5, 5.41) is 0. The highest BCUT2D eigenvalue weighted by molar-refractivity contribution is 5.95. The largest absolute Gasteiger partial charge is 0.371 e. The molecule has 0 bridgehead atoms. The van der Waals surface area contributed by atoms with E-state index in [0.29, 0.717) is 6.42 Å². The van der Waals surface area contributed by atoms with E-state index in [1.165, 1.54) is 23.2 Å². The highest BCUT2D eigenvalue weighted by Gasteiger charge is 2.25. The van der Waals surface area contributed by atoms with E-state index in [2.05, 4.69) is 47.4 Å². The monoisotopic (exact) mass is 306 g/mol. The number of benzene rings is 2. The molecule has 0 saturated carbocycles. The number of hydrogen-bond acceptors (Lipinski definition) is 2. The molecule has 0 spiro atoms. The number of rotatable bonds is 3. The molecule has 0 aliphatic carbocycles. The highest BCUT2D eigenvalue weighted by Crippen LogP contribution is 2.29. The van der Waals surface area contributed by atoms with Gasteiger partial charge in [0.2, 0.25) is 5.91 Å². The third-order valence-electron chi connectivity index (χ3n) is 4.99. The molecule has 3 heteroatoms. The maximum absolute atomic E-state index is 12.7. The molecule has 4 rings (SSSR count). The number of hydrogen-bond donors (Lipinski definition) is 0. The topological polar surface area (TPSA) is 23.6 Å². The van der Waals surface area contributed by atoms with Gasteiger partial charge in [-0.3, -0.25) is 4.79 Å². The molecule has 0 atom stereocenters. The van der Waals surface area contributed by atoms with Crippen LogP contribution in [0.25, 0.3) is 0 Å². The van der Waals surface area contributed by atoms with Crippen molar-refractivity contribution in [1.82, 2.24) is 0 Å². The molecule has 23 heavy (non-hydrogen) atoms. The van der Waals surface area contributed by atoms with E-state index in [0.717, 1.165) is 38.2 Å². The molecule has 2 aromatic carbocycles. The van der Waals surface area contributed by atoms with Crippen LogP contribution in [0.2, 0.25) is 0 Å². The van der Waals surface area contributed by atoms with Gasteiger partial charge in [-0.1, -0.05) is 36.4 Å². The number of fused-ring (bicyclic) bond motifs is 2. The average Bonchev–Trinajstić information content (AvgIpc) is 3.04. The summed E-state index contributed by atoms with van der Waals surface area (Å²) in [5.41, 5.74) is 5.13. The minimum Gasteiger partial charge on any atom is -0.371 e. The maximum Gasteiger partial charge on any atom is 0.228 e. The summed E-state index contributed by atoms with van der Waals surface area (Å²) in [6.07, 6.45) is 3.90. The van der Waals surface area contributed by atoms with Crippen LogP contribution in [0.5, 0.6) is 0 Å². The van der Waals surface area contributed by atoms with Crippen LogP contribution in [0.15, 0.2) is 48.5 Å². The van der Waals surface area contributed by atoms with Crippen LogP contribution >= 0.6 is 0 Å². The molecule has 0 aromatic heterocycles. The van der Waals surface area contributed by atoms with Crippen molar-refractivity contribution < 1.29 is 4.79 Å². The number of anilines is 2. The Kier molecular flexibility index (Phi) is 3.78. The van der Waals surface area contributed by atoms with E-state index in [1.54, 1.807) is 0 Å². The summed E-state index contributed by atoms with van der Waals surface area (Å²) in [6.45, 7) is 2.70. The molecular weight excluding hydrogens is 284 g/mol. The standard InChI is InChI=1S/C20H22N2O/c23-20(22-15-11-17-7-2-4-10-19(17)22)12-14-21-13-5-8-16-6-1-3-9-18(16)21/h1-4,6-7,9-10H,5,8,11-15H2. The van der Waals surface area contributed by atoms with E-state index in [4.69, 9.17) is 0 Å². The minimum absolute atomic E-state index is 0.248. The van der Waals surface area contributed by atoms with Gasteiger partial charge in [0.05, 0.1) is 0 Å². The van der Waals surface area contributed by atoms with Gasteiger partial charge in [-0.25, -0.2) is 0 Å². The molecule has 118 valence electrons. The second-order valence-electron chi connectivity index (χ2n) is 6.39. The molecule has 1 amide bonds. The SMILES string of the molecule is O=C(CCN1CCCc2ccccc21)N1CCc2ccccc21. The predicted octanol–water partition coefficient (Wildman–Crippen LogP) is 3.42. The van der Waals surface area contributed by atoms with Crippen LogP contribution in [0.4, 0.5) is 11.4 Å². The Hall–Kier alpha value is -2.29. The Bertz CT molecular complexity index is 725. The van der Waals surface area contributed by atoms with Crippen LogP contribution in [0, 0.1) is 0 Å². The number of amides is 1. The lowest BCUT2D eigenvalue weighted by molar-refractivity contribution is -0.118. The second kappa shape index (κ2) is 6.07. The quantitative estimate of drug-likeness (QED) is 0.867. The number of nitrogens with zero attached hydrogens (tertiary/aromatic N) is 2. The fourth-order valence-electron chi connectivity index (χ4n) is 3.81. The van der Waals surface area contributed by atoms with Gasteiger partial charge in [-0.2, -0.15) is 0 Å². The van der Waals surface area contributed by atoms with E-state index < -0.39 is 0 Å². The Morgan fingerprint density at radius 1 is 0.870 bits per heavy atom. The van der Waals surface area contributed by atoms with Gasteiger partial charge in [-0.15, -0.1) is 0 Å². The molecule has 2 aliphatic heterocycles. The third-order valence-corrected chi connectivity index (χ3v) is 4.99. The van der Waals surface area contributed by atoms with Gasteiger partial charge < -0.3 is 9.80 Å². The number of para-hydroxylation sites is 2. The van der Waals surface area contributed by atoms with Crippen LogP contribution < -0.4 is 9.80 Å². The first-order chi connectivity index (χ1) is 11.3. The number of carbonyl (C=O) groups is 1. The molecule has 2 aromatic rings. The van der Waals surface area contributed by atoms with Crippen molar-refractivity contribution >= 4 is 17.3 Å². The predicted molar refractivity (Wildman–Crippen MR) is 94.1 cm³/mol. The fraction of sp³-hybridized carbons (Fsp3) is 0.350. The Labute approximate surface area is 137 Å². The van der Waals surface area contributed by atoms with E-state index in [-0.39, 0.29) is 5.91 Å². The van der Waals surface area contributed by atoms with E-state index >= 15 is 0 Å². The molecule has 0 unspecified atom stereocenters. The van der Waals surface area contributed by atoms with E-state index in [9.17, 15) is 4.79 Å². The van der Waals surface area contributed by atoms with Crippen LogP contribution in [-0.2, 0) is 17.6 Å². The van der Waals surface area contributed by atoms with Crippen LogP contribution in [0.3, 0.4) is 0 Å². The third kappa shape index (κ3) is 2.72. The summed E-state index contributed by atoms with van der Waals surface area (Å²) in [7, 11) is 0. The van der Waals surface area contributed by atoms with Gasteiger partial charge in [0.1, 0.15) is 0 Å². The summed E-state index contributed by atoms with van der Waals surface area (Å²) in [4.78, 5) is 17.0. The zero-order chi connectivity index (χ0) is 15.6. The van der Waals surface area contributed by atoms with Gasteiger partial charge >= 0.3 is 0 Å². The fourth-order valence-corrected chi connectivity index (χ4v) is 3.81. The van der Waals surface area contributed by atoms with Gasteiger partial charge in [0, 0.05) is 37.4 Å². The zero-order valence-electron chi connectivity index (χ0n) is 13.4. The van der Waals surface area contributed by atoms with Crippen LogP contribution in [0.1, 0.15) is 24.0 Å². The summed E-state index contributed by atoms with van der Waals surface area (Å²) >= 11 is 0. The summed E-state index contributed by atoms with van der Waals surface area (Å²) < 4.78 is 0. The van der Waals surface area contributed by atoms with E-state index in [1.807, 2.05) is 11.0 Å². The molecule has 0 N–H and O–H groups in total. The molecule has 2 heterocycles. The molecular formula is C20H22N2O. The van der Waals surface area contributed by atoms with Crippen molar-refractivity contribution in [3.63, 3.8) is 0 Å². The molecule has 0 radical (unpaired) electrons. The Morgan fingerprint density at radius 2 is 1.57 bits per heavy atom. The Balaban J connectivity index is 1.44. The van der Waals surface area contributed by atoms with Crippen molar-refractivity contribution in [3.05, 3.63) is 59.7 Å². The lowest BCUT2D eigenvalue weighted by atomic mass is 10.0. The second-order valence-corrected chi connectivity index (χ2v) is 6.39. The maximum atomic E-state index is 12.7. The normalized spacial score (nSPS) is 16.2. The molecule has 3 nitrogen and oxygen atoms in total. The lowest BCUT2D eigenvalue weighted by Gasteiger charge is -2.31.